The van der Waals surface area contributed by atoms with Crippen LogP contribution in [-0.2, 0) is 28.6 Å². The minimum absolute atomic E-state index is 0.0655. The van der Waals surface area contributed by atoms with Gasteiger partial charge >= 0.3 is 17.9 Å². The molecule has 73 heavy (non-hydrogen) atoms. The highest BCUT2D eigenvalue weighted by atomic mass is 16.6. The molecule has 0 N–H and O–H groups in total. The zero-order valence-electron chi connectivity index (χ0n) is 48.9. The van der Waals surface area contributed by atoms with Crippen LogP contribution in [0.25, 0.3) is 0 Å². The van der Waals surface area contributed by atoms with E-state index in [0.29, 0.717) is 19.3 Å². The highest BCUT2D eigenvalue weighted by Gasteiger charge is 2.19. The van der Waals surface area contributed by atoms with Crippen molar-refractivity contribution in [2.75, 3.05) is 13.2 Å². The highest BCUT2D eigenvalue weighted by Crippen LogP contribution is 2.18. The van der Waals surface area contributed by atoms with E-state index in [-0.39, 0.29) is 31.1 Å². The molecule has 0 heterocycles. The maximum absolute atomic E-state index is 12.8. The molecule has 0 aromatic heterocycles. The molecule has 0 amide bonds. The zero-order valence-corrected chi connectivity index (χ0v) is 48.9. The minimum Gasteiger partial charge on any atom is -0.462 e. The average molecular weight is 1020 g/mol. The lowest BCUT2D eigenvalue weighted by Gasteiger charge is -2.18. The molecule has 0 aliphatic heterocycles. The summed E-state index contributed by atoms with van der Waals surface area (Å²) in [6.45, 7) is 6.54. The number of hydrogen-bond acceptors (Lipinski definition) is 6. The van der Waals surface area contributed by atoms with Crippen LogP contribution in [0.5, 0.6) is 0 Å². The fourth-order valence-electron chi connectivity index (χ4n) is 9.56. The third kappa shape index (κ3) is 60.1. The number of unbranched alkanes of at least 4 members (excludes halogenated alkanes) is 40. The van der Waals surface area contributed by atoms with Crippen molar-refractivity contribution in [3.63, 3.8) is 0 Å². The van der Waals surface area contributed by atoms with Crippen molar-refractivity contribution in [1.29, 1.82) is 0 Å². The molecule has 1 atom stereocenters. The van der Waals surface area contributed by atoms with E-state index in [1.165, 1.54) is 218 Å². The second kappa shape index (κ2) is 61.9. The molecule has 0 saturated heterocycles. The number of ether oxygens (including phenoxy) is 3. The average Bonchev–Trinajstić information content (AvgIpc) is 3.39. The lowest BCUT2D eigenvalue weighted by molar-refractivity contribution is -0.167. The summed E-state index contributed by atoms with van der Waals surface area (Å²) in [4.78, 5) is 38.0. The third-order valence-corrected chi connectivity index (χ3v) is 14.3. The minimum atomic E-state index is -0.764. The van der Waals surface area contributed by atoms with Crippen LogP contribution in [0.3, 0.4) is 0 Å². The molecule has 1 unspecified atom stereocenters. The quantitative estimate of drug-likeness (QED) is 0.0261. The van der Waals surface area contributed by atoms with E-state index >= 15 is 0 Å². The molecule has 0 rings (SSSR count). The summed E-state index contributed by atoms with van der Waals surface area (Å²) < 4.78 is 16.8. The second-order valence-electron chi connectivity index (χ2n) is 21.7. The molecule has 0 fully saturated rings. The Bertz CT molecular complexity index is 1270. The van der Waals surface area contributed by atoms with Crippen LogP contribution in [0.1, 0.15) is 342 Å². The number of hydrogen-bond donors (Lipinski definition) is 0. The number of carbonyl (C=O) groups is 3. The van der Waals surface area contributed by atoms with Gasteiger partial charge in [-0.2, -0.15) is 0 Å². The van der Waals surface area contributed by atoms with Gasteiger partial charge in [0, 0.05) is 19.3 Å². The van der Waals surface area contributed by atoms with E-state index < -0.39 is 6.10 Å². The fourth-order valence-corrected chi connectivity index (χ4v) is 9.56. The van der Waals surface area contributed by atoms with Crippen molar-refractivity contribution in [3.8, 4) is 0 Å². The third-order valence-electron chi connectivity index (χ3n) is 14.3. The predicted molar refractivity (Wildman–Crippen MR) is 316 cm³/mol. The van der Waals surface area contributed by atoms with Crippen molar-refractivity contribution in [3.05, 3.63) is 48.6 Å². The number of rotatable bonds is 59. The van der Waals surface area contributed by atoms with Crippen molar-refractivity contribution >= 4 is 17.9 Å². The van der Waals surface area contributed by atoms with Crippen molar-refractivity contribution in [2.24, 2.45) is 0 Å². The van der Waals surface area contributed by atoms with Gasteiger partial charge in [-0.05, 0) is 57.8 Å². The normalized spacial score (nSPS) is 12.3. The first kappa shape index (κ1) is 70.4. The Morgan fingerprint density at radius 3 is 0.836 bits per heavy atom. The number of carbonyl (C=O) groups excluding carboxylic acids is 3. The molecule has 0 aromatic rings. The van der Waals surface area contributed by atoms with E-state index in [2.05, 4.69) is 69.4 Å². The lowest BCUT2D eigenvalue weighted by Crippen LogP contribution is -2.30. The molecule has 426 valence electrons. The van der Waals surface area contributed by atoms with E-state index in [1.54, 1.807) is 0 Å². The Balaban J connectivity index is 3.91. The van der Waals surface area contributed by atoms with Crippen LogP contribution in [-0.4, -0.2) is 37.2 Å². The summed E-state index contributed by atoms with van der Waals surface area (Å²) in [5.41, 5.74) is 0. The van der Waals surface area contributed by atoms with Gasteiger partial charge in [-0.3, -0.25) is 14.4 Å². The Kier molecular flexibility index (Phi) is 59.7. The van der Waals surface area contributed by atoms with Crippen LogP contribution in [0.2, 0.25) is 0 Å². The molecule has 0 saturated carbocycles. The fraction of sp³-hybridized carbons (Fsp3) is 0.836. The molecular weight excluding hydrogens is 901 g/mol. The SMILES string of the molecule is CC/C=C\C/C=C\C/C=C\C/C=C\CCCCCCCCCCCCCCCCCCCCCCCCC(=O)OCC(COC(=O)CCCCCCCCCCC)OC(=O)CCCCCCCCCCCCC. The van der Waals surface area contributed by atoms with Crippen LogP contribution in [0.15, 0.2) is 48.6 Å². The highest BCUT2D eigenvalue weighted by molar-refractivity contribution is 5.71. The van der Waals surface area contributed by atoms with Crippen LogP contribution in [0, 0.1) is 0 Å². The van der Waals surface area contributed by atoms with Gasteiger partial charge in [0.1, 0.15) is 13.2 Å². The molecule has 0 aliphatic carbocycles. The van der Waals surface area contributed by atoms with E-state index in [0.717, 1.165) is 83.5 Å². The topological polar surface area (TPSA) is 78.9 Å². The largest absolute Gasteiger partial charge is 0.462 e. The Hall–Kier alpha value is -2.63. The van der Waals surface area contributed by atoms with Gasteiger partial charge in [-0.1, -0.05) is 313 Å². The lowest BCUT2D eigenvalue weighted by atomic mass is 10.0. The van der Waals surface area contributed by atoms with Gasteiger partial charge in [0.05, 0.1) is 0 Å². The van der Waals surface area contributed by atoms with E-state index in [1.807, 2.05) is 0 Å². The summed E-state index contributed by atoms with van der Waals surface area (Å²) in [6, 6.07) is 0. The van der Waals surface area contributed by atoms with Gasteiger partial charge in [-0.15, -0.1) is 0 Å². The van der Waals surface area contributed by atoms with E-state index in [9.17, 15) is 14.4 Å². The second-order valence-corrected chi connectivity index (χ2v) is 21.7. The number of esters is 3. The predicted octanol–water partition coefficient (Wildman–Crippen LogP) is 21.8. The zero-order chi connectivity index (χ0) is 52.9. The van der Waals surface area contributed by atoms with Crippen molar-refractivity contribution < 1.29 is 28.6 Å². The monoisotopic (exact) mass is 1020 g/mol. The van der Waals surface area contributed by atoms with Gasteiger partial charge < -0.3 is 14.2 Å². The smallest absolute Gasteiger partial charge is 0.306 e. The molecule has 0 aromatic carbocycles. The Labute approximate surface area is 454 Å². The van der Waals surface area contributed by atoms with Crippen molar-refractivity contribution in [1.82, 2.24) is 0 Å². The van der Waals surface area contributed by atoms with Gasteiger partial charge in [-0.25, -0.2) is 0 Å². The summed E-state index contributed by atoms with van der Waals surface area (Å²) in [6.07, 6.45) is 77.3. The van der Waals surface area contributed by atoms with Crippen LogP contribution < -0.4 is 0 Å². The van der Waals surface area contributed by atoms with Crippen LogP contribution in [0.4, 0.5) is 0 Å². The molecule has 6 heteroatoms. The van der Waals surface area contributed by atoms with Gasteiger partial charge in [0.15, 0.2) is 6.10 Å². The molecule has 0 spiro atoms. The van der Waals surface area contributed by atoms with Crippen molar-refractivity contribution in [2.45, 2.75) is 348 Å². The maximum atomic E-state index is 12.8. The van der Waals surface area contributed by atoms with Crippen LogP contribution >= 0.6 is 0 Å². The molecular formula is C67H122O6. The summed E-state index contributed by atoms with van der Waals surface area (Å²) in [5.74, 6) is -0.849. The molecule has 0 bridgehead atoms. The molecule has 0 radical (unpaired) electrons. The molecule has 6 nitrogen and oxygen atoms in total. The first-order chi connectivity index (χ1) is 36.0. The first-order valence-electron chi connectivity index (χ1n) is 32.1. The first-order valence-corrected chi connectivity index (χ1v) is 32.1. The van der Waals surface area contributed by atoms with Gasteiger partial charge in [0.2, 0.25) is 0 Å². The summed E-state index contributed by atoms with van der Waals surface area (Å²) >= 11 is 0. The molecule has 0 aliphatic rings. The number of allylic oxidation sites excluding steroid dienone is 8. The van der Waals surface area contributed by atoms with Gasteiger partial charge in [0.25, 0.3) is 0 Å². The Morgan fingerprint density at radius 1 is 0.288 bits per heavy atom. The van der Waals surface area contributed by atoms with E-state index in [4.69, 9.17) is 14.2 Å². The maximum Gasteiger partial charge on any atom is 0.306 e. The summed E-state index contributed by atoms with van der Waals surface area (Å²) in [7, 11) is 0. The standard InChI is InChI=1S/C67H122O6/c1-4-7-10-13-16-19-21-22-23-24-25-26-27-28-29-30-31-32-33-34-35-36-37-38-39-40-41-42-43-44-46-48-51-54-57-60-66(69)72-63-64(62-71-65(68)59-56-53-50-47-18-15-12-9-6-3)73-67(70)61-58-55-52-49-45-20-17-14-11-8-5-2/h7,10,16,19,22-23,25-26,64H,4-6,8-9,11-15,17-18,20-21,24,27-63H2,1-3H3/b10-7-,19-16-,23-22-,26-25-. The Morgan fingerprint density at radius 2 is 0.534 bits per heavy atom. The summed E-state index contributed by atoms with van der Waals surface area (Å²) in [5, 5.41) is 0.